The third-order valence-corrected chi connectivity index (χ3v) is 14.6. The number of aromatic nitrogens is 1. The Morgan fingerprint density at radius 1 is 0.747 bits per heavy atom. The first-order valence-electron chi connectivity index (χ1n) is 24.2. The summed E-state index contributed by atoms with van der Waals surface area (Å²) in [6.45, 7) is 3.52. The van der Waals surface area contributed by atoms with Crippen molar-refractivity contribution in [2.75, 3.05) is 23.8 Å². The number of primary amides is 1. The van der Waals surface area contributed by atoms with Crippen molar-refractivity contribution in [3.8, 4) is 5.75 Å². The van der Waals surface area contributed by atoms with Gasteiger partial charge in [0.25, 0.3) is 0 Å². The molecule has 5 rings (SSSR count). The summed E-state index contributed by atoms with van der Waals surface area (Å²) >= 11 is 0. The number of hydrogen-bond acceptors (Lipinski definition) is 15. The quantitative estimate of drug-likeness (QED) is 0.0334. The number of carboxylic acids is 1. The first-order valence-corrected chi connectivity index (χ1v) is 26.7. The molecule has 18 N–H and O–H groups in total. The summed E-state index contributed by atoms with van der Waals surface area (Å²) in [6, 6.07) is 8.54. The van der Waals surface area contributed by atoms with Gasteiger partial charge in [-0.25, -0.2) is 0 Å². The predicted octanol–water partition coefficient (Wildman–Crippen LogP) is -0.655. The second-order valence-electron chi connectivity index (χ2n) is 18.4. The number of aromatic hydroxyl groups is 1. The Morgan fingerprint density at radius 2 is 1.36 bits per heavy atom. The molecule has 0 bridgehead atoms. The smallest absolute Gasteiger partial charge is 0.305 e. The summed E-state index contributed by atoms with van der Waals surface area (Å²) in [6.07, 6.45) is 1.42. The van der Waals surface area contributed by atoms with Crippen LogP contribution in [-0.2, 0) is 62.4 Å². The number of amides is 8. The van der Waals surface area contributed by atoms with Crippen LogP contribution in [0.5, 0.6) is 5.75 Å². The van der Waals surface area contributed by atoms with E-state index in [0.717, 1.165) is 32.5 Å². The van der Waals surface area contributed by atoms with Crippen LogP contribution in [0.15, 0.2) is 79.0 Å². The number of carbonyl (C=O) groups excluding carboxylic acids is 8. The number of nitrogens with one attached hydrogen (secondary N) is 8. The number of benzene rings is 3. The van der Waals surface area contributed by atoms with Gasteiger partial charge in [0.15, 0.2) is 0 Å². The lowest BCUT2D eigenvalue weighted by Gasteiger charge is -2.29. The number of anilines is 1. The molecule has 8 amide bonds. The zero-order chi connectivity index (χ0) is 54.8. The van der Waals surface area contributed by atoms with Crippen LogP contribution < -0.4 is 60.2 Å². The summed E-state index contributed by atoms with van der Waals surface area (Å²) in [5, 5.41) is 38.9. The number of phenols is 1. The van der Waals surface area contributed by atoms with Gasteiger partial charge in [-0.2, -0.15) is 0 Å². The van der Waals surface area contributed by atoms with Crippen LogP contribution in [0.4, 0.5) is 5.69 Å². The minimum absolute atomic E-state index is 0.0439. The van der Waals surface area contributed by atoms with E-state index in [2.05, 4.69) is 42.2 Å². The van der Waals surface area contributed by atoms with Crippen LogP contribution in [0.1, 0.15) is 56.2 Å². The van der Waals surface area contributed by atoms with Gasteiger partial charge in [-0.15, -0.1) is 0 Å². The topological polar surface area (TPSA) is 398 Å². The number of hydrogen-bond donors (Lipinski definition) is 14. The van der Waals surface area contributed by atoms with Gasteiger partial charge in [0.05, 0.1) is 12.5 Å². The Kier molecular flexibility index (Phi) is 22.1. The zero-order valence-corrected chi connectivity index (χ0v) is 43.1. The molecule has 8 atom stereocenters. The maximum Gasteiger partial charge on any atom is 0.305 e. The molecule has 1 fully saturated rings. The van der Waals surface area contributed by atoms with Crippen molar-refractivity contribution < 1.29 is 53.4 Å². The van der Waals surface area contributed by atoms with Crippen molar-refractivity contribution in [2.45, 2.75) is 107 Å². The van der Waals surface area contributed by atoms with Crippen molar-refractivity contribution in [1.29, 1.82) is 0 Å². The Morgan fingerprint density at radius 3 is 2.01 bits per heavy atom. The molecule has 1 aliphatic heterocycles. The lowest BCUT2D eigenvalue weighted by molar-refractivity contribution is -0.140. The van der Waals surface area contributed by atoms with Crippen molar-refractivity contribution in [2.24, 2.45) is 23.1 Å². The molecule has 1 aliphatic rings. The number of nitrogen functional groups attached to an aromatic ring is 1. The molecule has 4 aromatic rings. The fourth-order valence-electron chi connectivity index (χ4n) is 7.98. The molecule has 1 aromatic heterocycles. The van der Waals surface area contributed by atoms with Gasteiger partial charge in [-0.1, -0.05) is 77.9 Å². The van der Waals surface area contributed by atoms with E-state index in [4.69, 9.17) is 22.9 Å². The van der Waals surface area contributed by atoms with E-state index in [1.807, 2.05) is 18.2 Å². The van der Waals surface area contributed by atoms with E-state index >= 15 is 0 Å². The van der Waals surface area contributed by atoms with E-state index < -0.39 is 114 Å². The number of para-hydroxylation sites is 1. The number of aliphatic carboxylic acids is 1. The van der Waals surface area contributed by atoms with Gasteiger partial charge in [-0.05, 0) is 85.2 Å². The van der Waals surface area contributed by atoms with Gasteiger partial charge in [-0.3, -0.25) is 43.2 Å². The molecule has 404 valence electrons. The number of phenolic OH excluding ortho intramolecular Hbond substituents is 1. The SMILES string of the molecule is CC(C)[C@@H]1NC(=O)[C@H](CCCCN)NC(=O)[C@@H](Cc2c[nH]c3ccccc23)NC(=O)[C@H](Cc2ccc(O)cc2)NC(=O)[C@@H](NC(=O)[C@H](N)Cc2ccc(N)cc2)CSSC[C@@H](C(=O)N[C@H](CC(=O)O)C(N)=O)NC1=O. The molecule has 1 saturated heterocycles. The van der Waals surface area contributed by atoms with Gasteiger partial charge >= 0.3 is 5.97 Å². The number of carboxylic acid groups (broad SMARTS) is 1. The van der Waals surface area contributed by atoms with Gasteiger partial charge in [0.2, 0.25) is 47.3 Å². The molecule has 0 aliphatic carbocycles. The standard InChI is InChI=1S/C50H66N12O11S2/c1-26(2)42-50(73)61-40(48(71)57-36(43(54)66)22-41(64)65)25-75-74-24-39(60-44(67)33(53)19-27-10-14-30(52)15-11-27)49(72)58-37(20-28-12-16-31(63)17-13-28)46(69)59-38(21-29-23-55-34-8-4-3-7-32(29)34)47(70)56-35(45(68)62-42)9-5-6-18-51/h3-4,7-8,10-17,23,26,33,35-40,42,55,63H,5-6,9,18-22,24-25,51-53H2,1-2H3,(H2,54,66)(H,56,70)(H,57,71)(H,58,72)(H,59,69)(H,60,67)(H,61,73)(H,62,68)(H,64,65)/t33-,35+,36-,37+,38-,39+,40+,42+/m1/s1. The number of H-pyrrole nitrogens is 1. The summed E-state index contributed by atoms with van der Waals surface area (Å²) in [4.78, 5) is 127. The van der Waals surface area contributed by atoms with Crippen molar-refractivity contribution in [3.05, 3.63) is 95.7 Å². The molecule has 2 heterocycles. The van der Waals surface area contributed by atoms with Crippen molar-refractivity contribution >= 4 is 91.4 Å². The number of rotatable bonds is 18. The Balaban J connectivity index is 1.58. The zero-order valence-electron chi connectivity index (χ0n) is 41.5. The highest BCUT2D eigenvalue weighted by Gasteiger charge is 2.36. The molecular formula is C50H66N12O11S2. The molecule has 3 aromatic carbocycles. The van der Waals surface area contributed by atoms with Gasteiger partial charge in [0.1, 0.15) is 48.0 Å². The van der Waals surface area contributed by atoms with Crippen LogP contribution >= 0.6 is 21.6 Å². The molecule has 0 radical (unpaired) electrons. The molecular weight excluding hydrogens is 1010 g/mol. The van der Waals surface area contributed by atoms with Crippen LogP contribution in [0.2, 0.25) is 0 Å². The van der Waals surface area contributed by atoms with Gasteiger partial charge in [0, 0.05) is 47.1 Å². The first kappa shape index (κ1) is 58.5. The minimum Gasteiger partial charge on any atom is -0.508 e. The minimum atomic E-state index is -1.68. The predicted molar refractivity (Wildman–Crippen MR) is 284 cm³/mol. The lowest BCUT2D eigenvalue weighted by atomic mass is 10.00. The van der Waals surface area contributed by atoms with E-state index in [-0.39, 0.29) is 49.5 Å². The summed E-state index contributed by atoms with van der Waals surface area (Å²) in [5.74, 6) is -9.72. The second-order valence-corrected chi connectivity index (χ2v) is 21.0. The van der Waals surface area contributed by atoms with E-state index in [1.54, 1.807) is 50.4 Å². The number of nitrogens with two attached hydrogens (primary N) is 4. The molecule has 0 spiro atoms. The average molecular weight is 1080 g/mol. The molecule has 0 unspecified atom stereocenters. The lowest BCUT2D eigenvalue weighted by Crippen LogP contribution is -2.61. The average Bonchev–Trinajstić information content (AvgIpc) is 3.77. The van der Waals surface area contributed by atoms with Crippen molar-refractivity contribution in [1.82, 2.24) is 42.2 Å². The summed E-state index contributed by atoms with van der Waals surface area (Å²) in [5.41, 5.74) is 26.5. The Hall–Kier alpha value is -7.35. The van der Waals surface area contributed by atoms with E-state index in [0.29, 0.717) is 35.2 Å². The van der Waals surface area contributed by atoms with Gasteiger partial charge < -0.3 is 75.3 Å². The highest BCUT2D eigenvalue weighted by molar-refractivity contribution is 8.76. The van der Waals surface area contributed by atoms with Crippen molar-refractivity contribution in [3.63, 3.8) is 0 Å². The summed E-state index contributed by atoms with van der Waals surface area (Å²) in [7, 11) is 1.92. The number of carbonyl (C=O) groups is 9. The largest absolute Gasteiger partial charge is 0.508 e. The second kappa shape index (κ2) is 28.4. The molecule has 25 heteroatoms. The van der Waals surface area contributed by atoms with E-state index in [9.17, 15) is 53.4 Å². The monoisotopic (exact) mass is 1070 g/mol. The number of aromatic amines is 1. The highest BCUT2D eigenvalue weighted by atomic mass is 33.1. The third kappa shape index (κ3) is 17.9. The molecule has 75 heavy (non-hydrogen) atoms. The number of fused-ring (bicyclic) bond motifs is 1. The van der Waals surface area contributed by atoms with Crippen LogP contribution in [-0.4, -0.2) is 135 Å². The fourth-order valence-corrected chi connectivity index (χ4v) is 10.3. The third-order valence-electron chi connectivity index (χ3n) is 12.2. The molecule has 23 nitrogen and oxygen atoms in total. The molecule has 0 saturated carbocycles. The normalized spacial score (nSPS) is 21.3. The van der Waals surface area contributed by atoms with Crippen LogP contribution in [0, 0.1) is 5.92 Å². The Bertz CT molecular complexity index is 2650. The first-order chi connectivity index (χ1) is 35.7. The number of unbranched alkanes of at least 4 members (excludes halogenated alkanes) is 1. The summed E-state index contributed by atoms with van der Waals surface area (Å²) < 4.78 is 0. The maximum atomic E-state index is 14.8. The Labute approximate surface area is 440 Å². The van der Waals surface area contributed by atoms with Crippen LogP contribution in [0.3, 0.4) is 0 Å². The highest BCUT2D eigenvalue weighted by Crippen LogP contribution is 2.25. The van der Waals surface area contributed by atoms with E-state index in [1.165, 1.54) is 24.3 Å². The maximum absolute atomic E-state index is 14.8. The fraction of sp³-hybridized carbons (Fsp3) is 0.420. The van der Waals surface area contributed by atoms with Crippen LogP contribution in [0.25, 0.3) is 10.9 Å².